The van der Waals surface area contributed by atoms with E-state index in [4.69, 9.17) is 11.6 Å². The van der Waals surface area contributed by atoms with Crippen molar-refractivity contribution in [3.8, 4) is 0 Å². The summed E-state index contributed by atoms with van der Waals surface area (Å²) < 4.78 is 26.6. The molecule has 1 aromatic carbocycles. The number of carbonyl (C=O) groups excluding carboxylic acids is 1. The van der Waals surface area contributed by atoms with Crippen LogP contribution < -0.4 is 10.0 Å². The van der Waals surface area contributed by atoms with Crippen LogP contribution in [0.3, 0.4) is 0 Å². The molecular weight excluding hydrogens is 312 g/mol. The number of amides is 1. The molecule has 2 N–H and O–H groups in total. The van der Waals surface area contributed by atoms with Gasteiger partial charge >= 0.3 is 0 Å². The SMILES string of the molecule is CCCCCNC(=O)[C@@H](C)NS(=O)(=O)c1ccc(Cl)cc1. The Morgan fingerprint density at radius 3 is 2.43 bits per heavy atom. The van der Waals surface area contributed by atoms with Crippen LogP contribution in [0.5, 0.6) is 0 Å². The second kappa shape index (κ2) is 8.36. The van der Waals surface area contributed by atoms with E-state index >= 15 is 0 Å². The maximum atomic E-state index is 12.1. The molecule has 7 heteroatoms. The fourth-order valence-corrected chi connectivity index (χ4v) is 3.04. The molecule has 1 atom stereocenters. The van der Waals surface area contributed by atoms with Crippen LogP contribution in [0, 0.1) is 0 Å². The molecule has 21 heavy (non-hydrogen) atoms. The van der Waals surface area contributed by atoms with Gasteiger partial charge in [-0.25, -0.2) is 8.42 Å². The van der Waals surface area contributed by atoms with E-state index in [1.165, 1.54) is 31.2 Å². The van der Waals surface area contributed by atoms with Gasteiger partial charge < -0.3 is 5.32 Å². The predicted octanol–water partition coefficient (Wildman–Crippen LogP) is 2.31. The summed E-state index contributed by atoms with van der Waals surface area (Å²) in [6.45, 7) is 4.15. The summed E-state index contributed by atoms with van der Waals surface area (Å²) in [5.74, 6) is -0.330. The number of rotatable bonds is 8. The summed E-state index contributed by atoms with van der Waals surface area (Å²) in [7, 11) is -3.73. The third kappa shape index (κ3) is 6.03. The van der Waals surface area contributed by atoms with Crippen LogP contribution in [-0.4, -0.2) is 26.9 Å². The van der Waals surface area contributed by atoms with E-state index in [0.29, 0.717) is 11.6 Å². The first-order valence-corrected chi connectivity index (χ1v) is 8.78. The van der Waals surface area contributed by atoms with Crippen LogP contribution in [0.15, 0.2) is 29.2 Å². The average molecular weight is 333 g/mol. The molecular formula is C14H21ClN2O3S. The zero-order chi connectivity index (χ0) is 15.9. The van der Waals surface area contributed by atoms with E-state index in [1.807, 2.05) is 0 Å². The number of sulfonamides is 1. The van der Waals surface area contributed by atoms with Crippen LogP contribution in [0.2, 0.25) is 5.02 Å². The minimum atomic E-state index is -3.73. The van der Waals surface area contributed by atoms with Gasteiger partial charge in [0.05, 0.1) is 10.9 Å². The standard InChI is InChI=1S/C14H21ClN2O3S/c1-3-4-5-10-16-14(18)11(2)17-21(19,20)13-8-6-12(15)7-9-13/h6-9,11,17H,3-5,10H2,1-2H3,(H,16,18)/t11-/m1/s1. The van der Waals surface area contributed by atoms with Crippen molar-refractivity contribution in [3.05, 3.63) is 29.3 Å². The van der Waals surface area contributed by atoms with Crippen molar-refractivity contribution < 1.29 is 13.2 Å². The highest BCUT2D eigenvalue weighted by Gasteiger charge is 2.21. The van der Waals surface area contributed by atoms with E-state index < -0.39 is 16.1 Å². The highest BCUT2D eigenvalue weighted by molar-refractivity contribution is 7.89. The van der Waals surface area contributed by atoms with Gasteiger partial charge in [0.25, 0.3) is 0 Å². The Hall–Kier alpha value is -1.11. The molecule has 0 bridgehead atoms. The van der Waals surface area contributed by atoms with Crippen LogP contribution in [0.1, 0.15) is 33.1 Å². The lowest BCUT2D eigenvalue weighted by molar-refractivity contribution is -0.122. The quantitative estimate of drug-likeness (QED) is 0.717. The number of hydrogen-bond acceptors (Lipinski definition) is 3. The number of unbranched alkanes of at least 4 members (excludes halogenated alkanes) is 2. The number of hydrogen-bond donors (Lipinski definition) is 2. The Morgan fingerprint density at radius 2 is 1.86 bits per heavy atom. The van der Waals surface area contributed by atoms with Crippen molar-refractivity contribution in [3.63, 3.8) is 0 Å². The summed E-state index contributed by atoms with van der Waals surface area (Å²) >= 11 is 5.72. The molecule has 1 amide bonds. The molecule has 0 aliphatic heterocycles. The molecule has 1 rings (SSSR count). The van der Waals surface area contributed by atoms with Gasteiger partial charge in [-0.2, -0.15) is 4.72 Å². The first kappa shape index (κ1) is 17.9. The van der Waals surface area contributed by atoms with E-state index in [1.54, 1.807) is 0 Å². The number of benzene rings is 1. The molecule has 5 nitrogen and oxygen atoms in total. The lowest BCUT2D eigenvalue weighted by atomic mass is 10.2. The molecule has 0 aromatic heterocycles. The normalized spacial score (nSPS) is 12.9. The Bertz CT molecular complexity index is 558. The molecule has 1 aromatic rings. The second-order valence-corrected chi connectivity index (χ2v) is 6.95. The Balaban J connectivity index is 2.58. The van der Waals surface area contributed by atoms with Gasteiger partial charge in [-0.05, 0) is 37.6 Å². The van der Waals surface area contributed by atoms with Crippen molar-refractivity contribution in [2.45, 2.75) is 44.0 Å². The highest BCUT2D eigenvalue weighted by atomic mass is 35.5. The summed E-state index contributed by atoms with van der Waals surface area (Å²) in [6.07, 6.45) is 2.98. The fourth-order valence-electron chi connectivity index (χ4n) is 1.71. The third-order valence-electron chi connectivity index (χ3n) is 2.93. The van der Waals surface area contributed by atoms with Crippen LogP contribution in [-0.2, 0) is 14.8 Å². The summed E-state index contributed by atoms with van der Waals surface area (Å²) in [5, 5.41) is 3.17. The number of nitrogens with one attached hydrogen (secondary N) is 2. The largest absolute Gasteiger partial charge is 0.355 e. The Kier molecular flexibility index (Phi) is 7.14. The Labute approximate surface area is 131 Å². The average Bonchev–Trinajstić information content (AvgIpc) is 2.43. The molecule has 0 saturated carbocycles. The lowest BCUT2D eigenvalue weighted by Crippen LogP contribution is -2.44. The van der Waals surface area contributed by atoms with Gasteiger partial charge in [-0.15, -0.1) is 0 Å². The molecule has 118 valence electrons. The minimum absolute atomic E-state index is 0.0810. The Morgan fingerprint density at radius 1 is 1.24 bits per heavy atom. The topological polar surface area (TPSA) is 75.3 Å². The maximum absolute atomic E-state index is 12.1. The molecule has 0 fully saturated rings. The second-order valence-electron chi connectivity index (χ2n) is 4.80. The van der Waals surface area contributed by atoms with E-state index in [0.717, 1.165) is 19.3 Å². The fraction of sp³-hybridized carbons (Fsp3) is 0.500. The minimum Gasteiger partial charge on any atom is -0.355 e. The smallest absolute Gasteiger partial charge is 0.241 e. The van der Waals surface area contributed by atoms with E-state index in [9.17, 15) is 13.2 Å². The first-order valence-electron chi connectivity index (χ1n) is 6.92. The summed E-state index contributed by atoms with van der Waals surface area (Å²) in [5.41, 5.74) is 0. The van der Waals surface area contributed by atoms with Crippen molar-refractivity contribution >= 4 is 27.5 Å². The van der Waals surface area contributed by atoms with Gasteiger partial charge in [0.15, 0.2) is 0 Å². The number of carbonyl (C=O) groups is 1. The molecule has 0 saturated heterocycles. The van der Waals surface area contributed by atoms with E-state index in [2.05, 4.69) is 17.0 Å². The van der Waals surface area contributed by atoms with Crippen molar-refractivity contribution in [1.82, 2.24) is 10.0 Å². The maximum Gasteiger partial charge on any atom is 0.241 e. The van der Waals surface area contributed by atoms with Gasteiger partial charge in [-0.3, -0.25) is 4.79 Å². The van der Waals surface area contributed by atoms with Gasteiger partial charge in [-0.1, -0.05) is 31.4 Å². The molecule has 0 radical (unpaired) electrons. The molecule has 0 aliphatic rings. The van der Waals surface area contributed by atoms with Crippen molar-refractivity contribution in [2.24, 2.45) is 0 Å². The lowest BCUT2D eigenvalue weighted by Gasteiger charge is -2.14. The van der Waals surface area contributed by atoms with Crippen molar-refractivity contribution in [1.29, 1.82) is 0 Å². The van der Waals surface area contributed by atoms with Crippen molar-refractivity contribution in [2.75, 3.05) is 6.54 Å². The van der Waals surface area contributed by atoms with Gasteiger partial charge in [0, 0.05) is 11.6 Å². The highest BCUT2D eigenvalue weighted by Crippen LogP contribution is 2.14. The molecule has 0 unspecified atom stereocenters. The van der Waals surface area contributed by atoms with Crippen LogP contribution >= 0.6 is 11.6 Å². The molecule has 0 heterocycles. The zero-order valence-electron chi connectivity index (χ0n) is 12.2. The zero-order valence-corrected chi connectivity index (χ0v) is 13.8. The van der Waals surface area contributed by atoms with Gasteiger partial charge in [0.1, 0.15) is 0 Å². The van der Waals surface area contributed by atoms with Crippen LogP contribution in [0.25, 0.3) is 0 Å². The number of halogens is 1. The molecule has 0 spiro atoms. The first-order chi connectivity index (χ1) is 9.86. The molecule has 0 aliphatic carbocycles. The summed E-state index contributed by atoms with van der Waals surface area (Å²) in [4.78, 5) is 11.9. The predicted molar refractivity (Wildman–Crippen MR) is 83.8 cm³/mol. The van der Waals surface area contributed by atoms with Crippen LogP contribution in [0.4, 0.5) is 0 Å². The van der Waals surface area contributed by atoms with Gasteiger partial charge in [0.2, 0.25) is 15.9 Å². The van der Waals surface area contributed by atoms with E-state index in [-0.39, 0.29) is 10.8 Å². The third-order valence-corrected chi connectivity index (χ3v) is 4.74. The monoisotopic (exact) mass is 332 g/mol. The summed E-state index contributed by atoms with van der Waals surface area (Å²) in [6, 6.07) is 4.96.